The molecule has 6 nitrogen and oxygen atoms in total. The molecule has 9 heteroatoms. The number of amides is 1. The Morgan fingerprint density at radius 3 is 2.77 bits per heavy atom. The second-order valence-corrected chi connectivity index (χ2v) is 7.87. The summed E-state index contributed by atoms with van der Waals surface area (Å²) in [7, 11) is 3.89. The number of halogens is 3. The summed E-state index contributed by atoms with van der Waals surface area (Å²) in [5, 5.41) is 7.82. The summed E-state index contributed by atoms with van der Waals surface area (Å²) >= 11 is 0. The molecule has 1 aliphatic rings. The van der Waals surface area contributed by atoms with Crippen LogP contribution in [0, 0.1) is 0 Å². The Bertz CT molecular complexity index is 853. The maximum absolute atomic E-state index is 12.8. The van der Waals surface area contributed by atoms with Gasteiger partial charge in [-0.05, 0) is 38.1 Å². The lowest BCUT2D eigenvalue weighted by atomic mass is 10.0. The number of aryl methyl sites for hydroxylation is 1. The van der Waals surface area contributed by atoms with Crippen molar-refractivity contribution >= 4 is 5.91 Å². The molecule has 1 amide bonds. The number of benzene rings is 1. The van der Waals surface area contributed by atoms with Crippen molar-refractivity contribution in [2.75, 3.05) is 27.2 Å². The van der Waals surface area contributed by atoms with E-state index in [4.69, 9.17) is 4.42 Å². The van der Waals surface area contributed by atoms with Crippen LogP contribution in [0.4, 0.5) is 13.2 Å². The highest BCUT2D eigenvalue weighted by Gasteiger charge is 2.30. The number of hydrogen-bond donors (Lipinski definition) is 0. The fraction of sp³-hybridized carbons (Fsp3) is 0.571. The third-order valence-corrected chi connectivity index (χ3v) is 5.50. The van der Waals surface area contributed by atoms with Crippen LogP contribution in [0.25, 0.3) is 0 Å². The quantitative estimate of drug-likeness (QED) is 0.680. The highest BCUT2D eigenvalue weighted by Crippen LogP contribution is 2.30. The van der Waals surface area contributed by atoms with Crippen LogP contribution in [0.1, 0.15) is 48.6 Å². The van der Waals surface area contributed by atoms with Crippen LogP contribution < -0.4 is 0 Å². The minimum Gasteiger partial charge on any atom is -0.425 e. The van der Waals surface area contributed by atoms with E-state index in [9.17, 15) is 18.0 Å². The number of hydrogen-bond acceptors (Lipinski definition) is 5. The second-order valence-electron chi connectivity index (χ2n) is 7.87. The molecule has 1 atom stereocenters. The van der Waals surface area contributed by atoms with Crippen molar-refractivity contribution in [3.8, 4) is 0 Å². The smallest absolute Gasteiger partial charge is 0.416 e. The first-order valence-corrected chi connectivity index (χ1v) is 10.1. The number of likely N-dealkylation sites (tertiary alicyclic amines) is 1. The molecular formula is C21H27F3N4O2. The lowest BCUT2D eigenvalue weighted by Crippen LogP contribution is -2.45. The molecule has 0 unspecified atom stereocenters. The lowest BCUT2D eigenvalue weighted by molar-refractivity contribution is -0.137. The molecule has 0 spiro atoms. The van der Waals surface area contributed by atoms with Crippen molar-refractivity contribution in [3.63, 3.8) is 0 Å². The van der Waals surface area contributed by atoms with E-state index in [1.807, 2.05) is 0 Å². The summed E-state index contributed by atoms with van der Waals surface area (Å²) in [6, 6.07) is 5.42. The Kier molecular flexibility index (Phi) is 7.12. The van der Waals surface area contributed by atoms with E-state index in [1.54, 1.807) is 18.0 Å². The van der Waals surface area contributed by atoms with E-state index in [0.717, 1.165) is 25.1 Å². The standard InChI is InChI=1S/C21H27F3N4O2/c1-27-11-4-3-8-17(27)14-28(2)20(29)10-9-18-25-26-19(30-18)13-15-6-5-7-16(12-15)21(22,23)24/h5-7,12,17H,3-4,8-11,13-14H2,1-2H3/t17-/m1/s1. The summed E-state index contributed by atoms with van der Waals surface area (Å²) in [4.78, 5) is 16.5. The molecule has 1 aliphatic heterocycles. The fourth-order valence-corrected chi connectivity index (χ4v) is 3.69. The SMILES string of the molecule is CN(C[C@H]1CCCCN1C)C(=O)CCc1nnc(Cc2cccc(C(F)(F)F)c2)o1. The molecule has 1 aromatic heterocycles. The highest BCUT2D eigenvalue weighted by atomic mass is 19.4. The Morgan fingerprint density at radius 1 is 1.27 bits per heavy atom. The molecule has 1 aromatic carbocycles. The molecule has 0 N–H and O–H groups in total. The van der Waals surface area contributed by atoms with Crippen LogP contribution >= 0.6 is 0 Å². The van der Waals surface area contributed by atoms with E-state index in [0.29, 0.717) is 30.5 Å². The average Bonchev–Trinajstić information content (AvgIpc) is 3.14. The highest BCUT2D eigenvalue weighted by molar-refractivity contribution is 5.76. The van der Waals surface area contributed by atoms with Gasteiger partial charge in [-0.3, -0.25) is 4.79 Å². The number of piperidine rings is 1. The Balaban J connectivity index is 1.50. The first-order chi connectivity index (χ1) is 14.2. The molecule has 0 bridgehead atoms. The molecule has 0 radical (unpaired) electrons. The second kappa shape index (κ2) is 9.59. The summed E-state index contributed by atoms with van der Waals surface area (Å²) in [6.45, 7) is 1.75. The van der Waals surface area contributed by atoms with Gasteiger partial charge in [-0.25, -0.2) is 0 Å². The Hall–Kier alpha value is -2.42. The van der Waals surface area contributed by atoms with Crippen LogP contribution in [-0.2, 0) is 23.8 Å². The van der Waals surface area contributed by atoms with Crippen LogP contribution in [0.2, 0.25) is 0 Å². The number of alkyl halides is 3. The van der Waals surface area contributed by atoms with Crippen molar-refractivity contribution in [3.05, 3.63) is 47.2 Å². The molecule has 0 saturated carbocycles. The Labute approximate surface area is 174 Å². The predicted molar refractivity (Wildman–Crippen MR) is 105 cm³/mol. The van der Waals surface area contributed by atoms with Crippen molar-refractivity contribution in [2.24, 2.45) is 0 Å². The third-order valence-electron chi connectivity index (χ3n) is 5.50. The zero-order chi connectivity index (χ0) is 21.7. The van der Waals surface area contributed by atoms with Crippen LogP contribution in [0.5, 0.6) is 0 Å². The normalized spacial score (nSPS) is 17.8. The van der Waals surface area contributed by atoms with Gasteiger partial charge in [0.05, 0.1) is 12.0 Å². The van der Waals surface area contributed by atoms with Crippen LogP contribution in [0.3, 0.4) is 0 Å². The first kappa shape index (κ1) is 22.3. The number of nitrogens with zero attached hydrogens (tertiary/aromatic N) is 4. The van der Waals surface area contributed by atoms with Gasteiger partial charge < -0.3 is 14.2 Å². The first-order valence-electron chi connectivity index (χ1n) is 10.1. The van der Waals surface area contributed by atoms with E-state index in [1.165, 1.54) is 18.9 Å². The van der Waals surface area contributed by atoms with Crippen LogP contribution in [-0.4, -0.2) is 59.1 Å². The van der Waals surface area contributed by atoms with Gasteiger partial charge in [-0.2, -0.15) is 13.2 Å². The van der Waals surface area contributed by atoms with E-state index in [-0.39, 0.29) is 24.6 Å². The van der Waals surface area contributed by atoms with Crippen molar-refractivity contribution in [2.45, 2.75) is 50.7 Å². The number of rotatable bonds is 7. The van der Waals surface area contributed by atoms with E-state index >= 15 is 0 Å². The zero-order valence-electron chi connectivity index (χ0n) is 17.3. The topological polar surface area (TPSA) is 62.5 Å². The summed E-state index contributed by atoms with van der Waals surface area (Å²) in [6.07, 6.45) is -0.250. The maximum atomic E-state index is 12.8. The number of aromatic nitrogens is 2. The molecule has 30 heavy (non-hydrogen) atoms. The Morgan fingerprint density at radius 2 is 2.03 bits per heavy atom. The molecule has 3 rings (SSSR count). The predicted octanol–water partition coefficient (Wildman–Crippen LogP) is 3.55. The number of likely N-dealkylation sites (N-methyl/N-ethyl adjacent to an activating group) is 2. The van der Waals surface area contributed by atoms with E-state index in [2.05, 4.69) is 22.1 Å². The summed E-state index contributed by atoms with van der Waals surface area (Å²) < 4.78 is 44.0. The van der Waals surface area contributed by atoms with Crippen LogP contribution in [0.15, 0.2) is 28.7 Å². The minimum atomic E-state index is -4.39. The van der Waals surface area contributed by atoms with Gasteiger partial charge in [0.2, 0.25) is 17.7 Å². The monoisotopic (exact) mass is 424 g/mol. The fourth-order valence-electron chi connectivity index (χ4n) is 3.69. The van der Waals surface area contributed by atoms with Crippen molar-refractivity contribution < 1.29 is 22.4 Å². The molecule has 2 heterocycles. The van der Waals surface area contributed by atoms with Gasteiger partial charge in [0, 0.05) is 32.5 Å². The molecule has 1 saturated heterocycles. The van der Waals surface area contributed by atoms with Crippen molar-refractivity contribution in [1.82, 2.24) is 20.0 Å². The summed E-state index contributed by atoms with van der Waals surface area (Å²) in [5.41, 5.74) is -0.274. The zero-order valence-corrected chi connectivity index (χ0v) is 17.3. The third kappa shape index (κ3) is 6.04. The van der Waals surface area contributed by atoms with Gasteiger partial charge in [0.15, 0.2) is 0 Å². The van der Waals surface area contributed by atoms with Gasteiger partial charge >= 0.3 is 6.18 Å². The van der Waals surface area contributed by atoms with Crippen molar-refractivity contribution in [1.29, 1.82) is 0 Å². The van der Waals surface area contributed by atoms with Gasteiger partial charge in [0.25, 0.3) is 0 Å². The lowest BCUT2D eigenvalue weighted by Gasteiger charge is -2.35. The van der Waals surface area contributed by atoms with Gasteiger partial charge in [0.1, 0.15) is 0 Å². The van der Waals surface area contributed by atoms with Gasteiger partial charge in [-0.15, -0.1) is 10.2 Å². The summed E-state index contributed by atoms with van der Waals surface area (Å²) in [5.74, 6) is 0.550. The number of carbonyl (C=O) groups is 1. The molecule has 2 aromatic rings. The number of carbonyl (C=O) groups excluding carboxylic acids is 1. The molecule has 0 aliphatic carbocycles. The molecule has 164 valence electrons. The average molecular weight is 424 g/mol. The minimum absolute atomic E-state index is 0.00611. The largest absolute Gasteiger partial charge is 0.425 e. The molecular weight excluding hydrogens is 397 g/mol. The van der Waals surface area contributed by atoms with Gasteiger partial charge in [-0.1, -0.05) is 24.6 Å². The molecule has 1 fully saturated rings. The maximum Gasteiger partial charge on any atom is 0.416 e. The van der Waals surface area contributed by atoms with E-state index < -0.39 is 11.7 Å².